The van der Waals surface area contributed by atoms with Gasteiger partial charge in [-0.2, -0.15) is 0 Å². The molecule has 2 N–H and O–H groups in total. The minimum absolute atomic E-state index is 0.0357. The summed E-state index contributed by atoms with van der Waals surface area (Å²) >= 11 is 0. The minimum Gasteiger partial charge on any atom is -0.292 e. The monoisotopic (exact) mass is 172 g/mol. The summed E-state index contributed by atoms with van der Waals surface area (Å²) in [5.74, 6) is 0.693. The van der Waals surface area contributed by atoms with E-state index in [-0.39, 0.29) is 5.91 Å². The van der Waals surface area contributed by atoms with Crippen molar-refractivity contribution in [1.29, 1.82) is 0 Å². The van der Waals surface area contributed by atoms with Gasteiger partial charge in [0.05, 0.1) is 0 Å². The van der Waals surface area contributed by atoms with Gasteiger partial charge in [-0.3, -0.25) is 10.2 Å². The van der Waals surface area contributed by atoms with Crippen molar-refractivity contribution in [3.05, 3.63) is 0 Å². The largest absolute Gasteiger partial charge is 0.292 e. The van der Waals surface area contributed by atoms with Crippen LogP contribution in [0.3, 0.4) is 0 Å². The molecule has 0 aliphatic rings. The summed E-state index contributed by atoms with van der Waals surface area (Å²) in [5.41, 5.74) is 5.52. The average Bonchev–Trinajstić information content (AvgIpc) is 1.96. The van der Waals surface area contributed by atoms with Gasteiger partial charge in [-0.25, -0.2) is 5.43 Å². The summed E-state index contributed by atoms with van der Waals surface area (Å²) in [6.45, 7) is 7.97. The Kier molecular flexibility index (Phi) is 5.72. The Morgan fingerprint density at radius 2 is 1.83 bits per heavy atom. The highest BCUT2D eigenvalue weighted by Crippen LogP contribution is 2.05. The summed E-state index contributed by atoms with van der Waals surface area (Å²) in [6, 6.07) is 0.358. The molecule has 0 aromatic rings. The van der Waals surface area contributed by atoms with Crippen LogP contribution in [0.4, 0.5) is 0 Å². The van der Waals surface area contributed by atoms with Crippen molar-refractivity contribution in [1.82, 2.24) is 10.9 Å². The highest BCUT2D eigenvalue weighted by atomic mass is 16.2. The number of nitrogens with one attached hydrogen (secondary N) is 2. The van der Waals surface area contributed by atoms with Crippen molar-refractivity contribution in [3.63, 3.8) is 0 Å². The first-order valence-corrected chi connectivity index (χ1v) is 4.54. The molecule has 0 heterocycles. The lowest BCUT2D eigenvalue weighted by Crippen LogP contribution is -2.41. The van der Waals surface area contributed by atoms with Gasteiger partial charge in [0.25, 0.3) is 0 Å². The molecular weight excluding hydrogens is 152 g/mol. The van der Waals surface area contributed by atoms with E-state index in [4.69, 9.17) is 0 Å². The molecule has 0 bridgehead atoms. The lowest BCUT2D eigenvalue weighted by molar-refractivity contribution is -0.120. The minimum atomic E-state index is -0.0357. The molecule has 3 nitrogen and oxygen atoms in total. The van der Waals surface area contributed by atoms with Crippen LogP contribution in [0.2, 0.25) is 0 Å². The Hall–Kier alpha value is -0.570. The number of carbonyl (C=O) groups excluding carboxylic acids is 1. The Morgan fingerprint density at radius 3 is 2.25 bits per heavy atom. The molecule has 0 fully saturated rings. The lowest BCUT2D eigenvalue weighted by Gasteiger charge is -2.14. The van der Waals surface area contributed by atoms with Crippen LogP contribution in [0.25, 0.3) is 0 Å². The van der Waals surface area contributed by atoms with Gasteiger partial charge in [0.15, 0.2) is 0 Å². The molecule has 1 unspecified atom stereocenters. The standard InChI is InChI=1S/C9H20N2O/c1-7(2)5-6-8(3)10-11-9(4)12/h7-8,10H,5-6H2,1-4H3,(H,11,12). The van der Waals surface area contributed by atoms with Gasteiger partial charge in [-0.1, -0.05) is 13.8 Å². The van der Waals surface area contributed by atoms with Crippen molar-refractivity contribution in [2.24, 2.45) is 5.92 Å². The topological polar surface area (TPSA) is 41.1 Å². The average molecular weight is 172 g/mol. The molecule has 0 saturated heterocycles. The van der Waals surface area contributed by atoms with E-state index in [2.05, 4.69) is 31.6 Å². The van der Waals surface area contributed by atoms with Crippen LogP contribution in [0.15, 0.2) is 0 Å². The van der Waals surface area contributed by atoms with E-state index in [1.807, 2.05) is 0 Å². The first-order valence-electron chi connectivity index (χ1n) is 4.54. The molecule has 12 heavy (non-hydrogen) atoms. The first kappa shape index (κ1) is 11.4. The summed E-state index contributed by atoms with van der Waals surface area (Å²) in [5, 5.41) is 0. The summed E-state index contributed by atoms with van der Waals surface area (Å²) in [4.78, 5) is 10.5. The van der Waals surface area contributed by atoms with E-state index in [1.165, 1.54) is 13.3 Å². The summed E-state index contributed by atoms with van der Waals surface area (Å²) < 4.78 is 0. The third kappa shape index (κ3) is 7.54. The van der Waals surface area contributed by atoms with Crippen molar-refractivity contribution < 1.29 is 4.79 Å². The molecule has 1 amide bonds. The Balaban J connectivity index is 3.33. The maximum atomic E-state index is 10.5. The molecule has 0 aliphatic carbocycles. The van der Waals surface area contributed by atoms with Crippen LogP contribution in [0.1, 0.15) is 40.5 Å². The van der Waals surface area contributed by atoms with Crippen LogP contribution in [-0.2, 0) is 4.79 Å². The van der Waals surface area contributed by atoms with Gasteiger partial charge in [0.2, 0.25) is 5.91 Å². The van der Waals surface area contributed by atoms with Crippen molar-refractivity contribution >= 4 is 5.91 Å². The highest BCUT2D eigenvalue weighted by Gasteiger charge is 2.02. The van der Waals surface area contributed by atoms with Gasteiger partial charge >= 0.3 is 0 Å². The van der Waals surface area contributed by atoms with Gasteiger partial charge < -0.3 is 0 Å². The maximum absolute atomic E-state index is 10.5. The SMILES string of the molecule is CC(=O)NNC(C)CCC(C)C. The zero-order chi connectivity index (χ0) is 9.56. The maximum Gasteiger partial charge on any atom is 0.230 e. The second kappa shape index (κ2) is 6.00. The normalized spacial score (nSPS) is 13.1. The molecule has 3 heteroatoms. The van der Waals surface area contributed by atoms with Crippen molar-refractivity contribution in [2.45, 2.75) is 46.6 Å². The summed E-state index contributed by atoms with van der Waals surface area (Å²) in [6.07, 6.45) is 2.28. The number of amides is 1. The molecule has 1 atom stereocenters. The molecule has 0 radical (unpaired) electrons. The Morgan fingerprint density at radius 1 is 1.25 bits per heavy atom. The number of hydrazine groups is 1. The van der Waals surface area contributed by atoms with Gasteiger partial charge in [-0.15, -0.1) is 0 Å². The van der Waals surface area contributed by atoms with Crippen LogP contribution in [0.5, 0.6) is 0 Å². The van der Waals surface area contributed by atoms with Gasteiger partial charge in [-0.05, 0) is 25.7 Å². The second-order valence-corrected chi connectivity index (χ2v) is 3.70. The molecule has 0 saturated carbocycles. The first-order chi connectivity index (χ1) is 5.52. The number of carbonyl (C=O) groups is 1. The molecule has 0 aromatic carbocycles. The van der Waals surface area contributed by atoms with E-state index in [9.17, 15) is 4.79 Å². The van der Waals surface area contributed by atoms with Gasteiger partial charge in [0.1, 0.15) is 0 Å². The Labute approximate surface area is 74.9 Å². The molecule has 0 rings (SSSR count). The molecular formula is C9H20N2O. The van der Waals surface area contributed by atoms with Crippen molar-refractivity contribution in [2.75, 3.05) is 0 Å². The van der Waals surface area contributed by atoms with E-state index in [1.54, 1.807) is 0 Å². The fraction of sp³-hybridized carbons (Fsp3) is 0.889. The van der Waals surface area contributed by atoms with E-state index < -0.39 is 0 Å². The fourth-order valence-corrected chi connectivity index (χ4v) is 0.880. The lowest BCUT2D eigenvalue weighted by atomic mass is 10.1. The summed E-state index contributed by atoms with van der Waals surface area (Å²) in [7, 11) is 0. The highest BCUT2D eigenvalue weighted by molar-refractivity contribution is 5.72. The second-order valence-electron chi connectivity index (χ2n) is 3.70. The van der Waals surface area contributed by atoms with Gasteiger partial charge in [0, 0.05) is 13.0 Å². The fourth-order valence-electron chi connectivity index (χ4n) is 0.880. The molecule has 0 aliphatic heterocycles. The van der Waals surface area contributed by atoms with E-state index >= 15 is 0 Å². The van der Waals surface area contributed by atoms with E-state index in [0.717, 1.165) is 12.3 Å². The molecule has 0 aromatic heterocycles. The number of hydrogen-bond donors (Lipinski definition) is 2. The van der Waals surface area contributed by atoms with E-state index in [0.29, 0.717) is 6.04 Å². The van der Waals surface area contributed by atoms with Crippen LogP contribution >= 0.6 is 0 Å². The zero-order valence-corrected chi connectivity index (χ0v) is 8.48. The van der Waals surface area contributed by atoms with Crippen LogP contribution in [0, 0.1) is 5.92 Å². The van der Waals surface area contributed by atoms with Crippen LogP contribution in [-0.4, -0.2) is 11.9 Å². The predicted molar refractivity (Wildman–Crippen MR) is 50.5 cm³/mol. The molecule has 72 valence electrons. The third-order valence-electron chi connectivity index (χ3n) is 1.67. The predicted octanol–water partition coefficient (Wildman–Crippen LogP) is 1.45. The number of rotatable bonds is 5. The zero-order valence-electron chi connectivity index (χ0n) is 8.48. The quantitative estimate of drug-likeness (QED) is 0.616. The Bertz CT molecular complexity index is 134. The third-order valence-corrected chi connectivity index (χ3v) is 1.67. The van der Waals surface area contributed by atoms with Crippen LogP contribution < -0.4 is 10.9 Å². The molecule has 0 spiro atoms. The number of hydrogen-bond acceptors (Lipinski definition) is 2. The smallest absolute Gasteiger partial charge is 0.230 e. The van der Waals surface area contributed by atoms with Crippen molar-refractivity contribution in [3.8, 4) is 0 Å².